The van der Waals surface area contributed by atoms with Crippen molar-refractivity contribution in [2.24, 2.45) is 5.14 Å². The van der Waals surface area contributed by atoms with Crippen LogP contribution >= 0.6 is 0 Å². The second-order valence-corrected chi connectivity index (χ2v) is 8.63. The fourth-order valence-electron chi connectivity index (χ4n) is 4.01. The van der Waals surface area contributed by atoms with Crippen LogP contribution in [-0.2, 0) is 22.9 Å². The Kier molecular flexibility index (Phi) is 3.81. The second-order valence-electron chi connectivity index (χ2n) is 7.06. The van der Waals surface area contributed by atoms with E-state index >= 15 is 0 Å². The average molecular weight is 358 g/mol. The Balaban J connectivity index is 1.86. The standard InChI is InChI=1S/C18H22N4O2S/c1-11-9-12(2)22(11)18-20-16-8-4-7-15(16)17(21-18)13-5-3-6-14(10-13)25(19,23)24/h3,5-6,10-12H,4,7-9H2,1-2H3,(H2,19,23,24)/t11-,12-/m1/s1. The molecular weight excluding hydrogens is 336 g/mol. The lowest BCUT2D eigenvalue weighted by atomic mass is 9.96. The summed E-state index contributed by atoms with van der Waals surface area (Å²) in [6, 6.07) is 7.59. The summed E-state index contributed by atoms with van der Waals surface area (Å²) >= 11 is 0. The van der Waals surface area contributed by atoms with Crippen molar-refractivity contribution >= 4 is 16.0 Å². The summed E-state index contributed by atoms with van der Waals surface area (Å²) in [7, 11) is -3.74. The molecule has 0 saturated carbocycles. The fourth-order valence-corrected chi connectivity index (χ4v) is 4.57. The molecule has 2 atom stereocenters. The third-order valence-corrected chi connectivity index (χ3v) is 6.13. The molecule has 1 saturated heterocycles. The van der Waals surface area contributed by atoms with Gasteiger partial charge in [-0.15, -0.1) is 0 Å². The molecule has 132 valence electrons. The first kappa shape index (κ1) is 16.5. The summed E-state index contributed by atoms with van der Waals surface area (Å²) in [5.41, 5.74) is 3.85. The number of benzene rings is 1. The molecule has 4 rings (SSSR count). The Hall–Kier alpha value is -1.99. The van der Waals surface area contributed by atoms with Gasteiger partial charge in [-0.25, -0.2) is 23.5 Å². The molecule has 1 fully saturated rings. The molecule has 2 N–H and O–H groups in total. The number of fused-ring (bicyclic) bond motifs is 1. The highest BCUT2D eigenvalue weighted by Gasteiger charge is 2.35. The Morgan fingerprint density at radius 3 is 2.60 bits per heavy atom. The third kappa shape index (κ3) is 2.81. The first-order chi connectivity index (χ1) is 11.8. The van der Waals surface area contributed by atoms with Gasteiger partial charge in [-0.3, -0.25) is 0 Å². The SMILES string of the molecule is C[C@@H]1C[C@@H](C)N1c1nc2c(c(-c3cccc(S(N)(=O)=O)c3)n1)CCC2. The second kappa shape index (κ2) is 5.78. The van der Waals surface area contributed by atoms with Crippen molar-refractivity contribution in [3.05, 3.63) is 35.5 Å². The van der Waals surface area contributed by atoms with E-state index in [1.54, 1.807) is 12.1 Å². The third-order valence-electron chi connectivity index (χ3n) is 5.22. The summed E-state index contributed by atoms with van der Waals surface area (Å²) < 4.78 is 23.4. The van der Waals surface area contributed by atoms with Gasteiger partial charge in [-0.05, 0) is 51.7 Å². The summed E-state index contributed by atoms with van der Waals surface area (Å²) in [6.07, 6.45) is 4.07. The maximum Gasteiger partial charge on any atom is 0.238 e. The molecule has 25 heavy (non-hydrogen) atoms. The van der Waals surface area contributed by atoms with Gasteiger partial charge in [-0.2, -0.15) is 0 Å². The van der Waals surface area contributed by atoms with Crippen LogP contribution < -0.4 is 10.0 Å². The molecule has 6 nitrogen and oxygen atoms in total. The number of aryl methyl sites for hydroxylation is 1. The highest BCUT2D eigenvalue weighted by Crippen LogP contribution is 2.36. The van der Waals surface area contributed by atoms with Gasteiger partial charge in [0.1, 0.15) is 0 Å². The zero-order chi connectivity index (χ0) is 17.8. The first-order valence-corrected chi connectivity index (χ1v) is 10.2. The van der Waals surface area contributed by atoms with E-state index in [1.165, 1.54) is 6.07 Å². The van der Waals surface area contributed by atoms with E-state index in [0.29, 0.717) is 12.1 Å². The Morgan fingerprint density at radius 1 is 1.16 bits per heavy atom. The Morgan fingerprint density at radius 2 is 1.92 bits per heavy atom. The monoisotopic (exact) mass is 358 g/mol. The highest BCUT2D eigenvalue weighted by atomic mass is 32.2. The number of nitrogens with two attached hydrogens (primary N) is 1. The van der Waals surface area contributed by atoms with Gasteiger partial charge >= 0.3 is 0 Å². The van der Waals surface area contributed by atoms with E-state index < -0.39 is 10.0 Å². The van der Waals surface area contributed by atoms with Crippen LogP contribution in [0.2, 0.25) is 0 Å². The van der Waals surface area contributed by atoms with E-state index in [0.717, 1.165) is 54.1 Å². The lowest BCUT2D eigenvalue weighted by Gasteiger charge is -2.45. The molecule has 1 aliphatic carbocycles. The predicted molar refractivity (Wildman–Crippen MR) is 96.9 cm³/mol. The number of sulfonamides is 1. The molecule has 7 heteroatoms. The summed E-state index contributed by atoms with van der Waals surface area (Å²) in [5, 5.41) is 5.29. The summed E-state index contributed by atoms with van der Waals surface area (Å²) in [6.45, 7) is 4.36. The fraction of sp³-hybridized carbons (Fsp3) is 0.444. The molecule has 0 radical (unpaired) electrons. The average Bonchev–Trinajstić information content (AvgIpc) is 3.01. The predicted octanol–water partition coefficient (Wildman–Crippen LogP) is 2.27. The Labute approximate surface area is 148 Å². The van der Waals surface area contributed by atoms with E-state index in [4.69, 9.17) is 15.1 Å². The zero-order valence-electron chi connectivity index (χ0n) is 14.4. The van der Waals surface area contributed by atoms with E-state index in [1.807, 2.05) is 6.07 Å². The van der Waals surface area contributed by atoms with Crippen molar-refractivity contribution in [1.29, 1.82) is 0 Å². The van der Waals surface area contributed by atoms with Crippen LogP contribution in [0.1, 0.15) is 37.9 Å². The lowest BCUT2D eigenvalue weighted by Crippen LogP contribution is -2.54. The quantitative estimate of drug-likeness (QED) is 0.909. The van der Waals surface area contributed by atoms with Crippen molar-refractivity contribution < 1.29 is 8.42 Å². The lowest BCUT2D eigenvalue weighted by molar-refractivity contribution is 0.372. The number of anilines is 1. The maximum atomic E-state index is 11.7. The van der Waals surface area contributed by atoms with Crippen LogP contribution in [0.4, 0.5) is 5.95 Å². The van der Waals surface area contributed by atoms with E-state index in [9.17, 15) is 8.42 Å². The minimum atomic E-state index is -3.74. The van der Waals surface area contributed by atoms with Crippen LogP contribution in [0.5, 0.6) is 0 Å². The molecule has 1 aromatic carbocycles. The first-order valence-electron chi connectivity index (χ1n) is 8.66. The van der Waals surface area contributed by atoms with E-state index in [-0.39, 0.29) is 4.90 Å². The topological polar surface area (TPSA) is 89.2 Å². The molecule has 0 spiro atoms. The molecule has 2 heterocycles. The van der Waals surface area contributed by atoms with Crippen LogP contribution in [-0.4, -0.2) is 30.5 Å². The molecule has 2 aliphatic rings. The van der Waals surface area contributed by atoms with Gasteiger partial charge in [0.2, 0.25) is 16.0 Å². The van der Waals surface area contributed by atoms with Crippen LogP contribution in [0, 0.1) is 0 Å². The molecule has 0 bridgehead atoms. The van der Waals surface area contributed by atoms with Crippen molar-refractivity contribution in [3.8, 4) is 11.3 Å². The van der Waals surface area contributed by atoms with Gasteiger partial charge in [0.25, 0.3) is 0 Å². The highest BCUT2D eigenvalue weighted by molar-refractivity contribution is 7.89. The minimum Gasteiger partial charge on any atom is -0.335 e. The van der Waals surface area contributed by atoms with Crippen molar-refractivity contribution in [3.63, 3.8) is 0 Å². The van der Waals surface area contributed by atoms with Crippen molar-refractivity contribution in [1.82, 2.24) is 9.97 Å². The molecular formula is C18H22N4O2S. The molecule has 0 unspecified atom stereocenters. The normalized spacial score (nSPS) is 22.6. The number of hydrogen-bond acceptors (Lipinski definition) is 5. The summed E-state index contributed by atoms with van der Waals surface area (Å²) in [5.74, 6) is 0.753. The van der Waals surface area contributed by atoms with Gasteiger partial charge in [0.05, 0.1) is 10.6 Å². The number of aromatic nitrogens is 2. The molecule has 1 aliphatic heterocycles. The number of primary sulfonamides is 1. The van der Waals surface area contributed by atoms with Crippen LogP contribution in [0.15, 0.2) is 29.2 Å². The Bertz CT molecular complexity index is 934. The van der Waals surface area contributed by atoms with Crippen molar-refractivity contribution in [2.45, 2.75) is 56.5 Å². The molecule has 2 aromatic rings. The number of nitrogens with zero attached hydrogens (tertiary/aromatic N) is 3. The number of hydrogen-bond donors (Lipinski definition) is 1. The van der Waals surface area contributed by atoms with E-state index in [2.05, 4.69) is 18.7 Å². The van der Waals surface area contributed by atoms with Gasteiger partial charge in [0, 0.05) is 28.9 Å². The van der Waals surface area contributed by atoms with Gasteiger partial charge in [-0.1, -0.05) is 12.1 Å². The van der Waals surface area contributed by atoms with Crippen LogP contribution in [0.25, 0.3) is 11.3 Å². The number of rotatable bonds is 3. The largest absolute Gasteiger partial charge is 0.335 e. The minimum absolute atomic E-state index is 0.114. The van der Waals surface area contributed by atoms with Crippen LogP contribution in [0.3, 0.4) is 0 Å². The van der Waals surface area contributed by atoms with Gasteiger partial charge in [0.15, 0.2) is 0 Å². The molecule has 1 aromatic heterocycles. The zero-order valence-corrected chi connectivity index (χ0v) is 15.3. The summed E-state index contributed by atoms with van der Waals surface area (Å²) in [4.78, 5) is 12.0. The smallest absolute Gasteiger partial charge is 0.238 e. The molecule has 0 amide bonds. The van der Waals surface area contributed by atoms with Crippen molar-refractivity contribution in [2.75, 3.05) is 4.90 Å². The maximum absolute atomic E-state index is 11.7. The van der Waals surface area contributed by atoms with Gasteiger partial charge < -0.3 is 4.90 Å².